The van der Waals surface area contributed by atoms with Crippen molar-refractivity contribution in [2.45, 2.75) is 31.3 Å². The topological polar surface area (TPSA) is 47.4 Å². The van der Waals surface area contributed by atoms with Gasteiger partial charge in [0, 0.05) is 19.2 Å². The Balaban J connectivity index is 1.98. The second kappa shape index (κ2) is 5.61. The third-order valence-electron chi connectivity index (χ3n) is 4.68. The number of nitrogens with zero attached hydrogens (tertiary/aromatic N) is 3. The van der Waals surface area contributed by atoms with Gasteiger partial charge >= 0.3 is 5.69 Å². The van der Waals surface area contributed by atoms with E-state index < -0.39 is 22.7 Å². The first-order chi connectivity index (χ1) is 11.5. The Hall–Kier alpha value is -2.31. The Labute approximate surface area is 146 Å². The lowest BCUT2D eigenvalue weighted by Crippen LogP contribution is -2.38. The minimum absolute atomic E-state index is 0.121. The molecule has 0 fully saturated rings. The van der Waals surface area contributed by atoms with Crippen molar-refractivity contribution in [3.8, 4) is 5.88 Å². The maximum atomic E-state index is 13.5. The minimum atomic E-state index is -1.06. The molecule has 130 valence electrons. The van der Waals surface area contributed by atoms with E-state index in [9.17, 15) is 13.6 Å². The van der Waals surface area contributed by atoms with Gasteiger partial charge in [0.2, 0.25) is 5.88 Å². The molecule has 0 saturated carbocycles. The Morgan fingerprint density at radius 1 is 1.20 bits per heavy atom. The van der Waals surface area contributed by atoms with Crippen LogP contribution in [0.15, 0.2) is 29.1 Å². The van der Waals surface area contributed by atoms with Gasteiger partial charge in [-0.05, 0) is 31.5 Å². The predicted octanol–water partition coefficient (Wildman–Crippen LogP) is 0.205. The molecule has 0 saturated heterocycles. The molecule has 0 amide bonds. The van der Waals surface area contributed by atoms with Gasteiger partial charge in [0.15, 0.2) is 15.7 Å². The summed E-state index contributed by atoms with van der Waals surface area (Å²) in [6.07, 6.45) is 0. The van der Waals surface area contributed by atoms with Crippen LogP contribution in [0.4, 0.5) is 14.6 Å². The molecule has 0 aliphatic carbocycles. The SMILES string of the molecule is BC(B)(Oc1cc2n(c(=O)n1)CC(C)(C)N2C)c1cc(F)cc(F)c1. The standard InChI is InChI=1S/C16H19B2F2N3O2/c1-15(2)8-23-13(22(15)3)7-12(21-14(23)24)25-16(17,18)9-4-10(19)6-11(20)5-9/h4-7H,8,17-18H2,1-3H3. The Kier molecular flexibility index (Phi) is 3.93. The fraction of sp³-hybridized carbons (Fsp3) is 0.375. The minimum Gasteiger partial charge on any atom is -0.485 e. The lowest BCUT2D eigenvalue weighted by atomic mass is 9.61. The van der Waals surface area contributed by atoms with Crippen molar-refractivity contribution in [3.63, 3.8) is 0 Å². The zero-order valence-corrected chi connectivity index (χ0v) is 14.9. The van der Waals surface area contributed by atoms with Crippen molar-refractivity contribution in [1.82, 2.24) is 9.55 Å². The summed E-state index contributed by atoms with van der Waals surface area (Å²) in [7, 11) is 5.23. The zero-order chi connectivity index (χ0) is 18.6. The van der Waals surface area contributed by atoms with Crippen LogP contribution >= 0.6 is 0 Å². The van der Waals surface area contributed by atoms with Crippen LogP contribution in [0.1, 0.15) is 19.4 Å². The van der Waals surface area contributed by atoms with E-state index in [0.29, 0.717) is 17.9 Å². The highest BCUT2D eigenvalue weighted by molar-refractivity contribution is 6.39. The zero-order valence-electron chi connectivity index (χ0n) is 14.9. The van der Waals surface area contributed by atoms with E-state index in [2.05, 4.69) is 4.98 Å². The number of hydrogen-bond acceptors (Lipinski definition) is 4. The van der Waals surface area contributed by atoms with Gasteiger partial charge in [-0.25, -0.2) is 13.6 Å². The van der Waals surface area contributed by atoms with Gasteiger partial charge in [0.05, 0.1) is 17.5 Å². The number of benzene rings is 1. The van der Waals surface area contributed by atoms with Crippen LogP contribution in [0, 0.1) is 11.6 Å². The molecule has 9 heteroatoms. The van der Waals surface area contributed by atoms with Gasteiger partial charge in [-0.3, -0.25) is 4.57 Å². The maximum Gasteiger partial charge on any atom is 0.352 e. The van der Waals surface area contributed by atoms with Crippen molar-refractivity contribution in [1.29, 1.82) is 0 Å². The summed E-state index contributed by atoms with van der Waals surface area (Å²) in [5.41, 5.74) is -0.305. The van der Waals surface area contributed by atoms with Gasteiger partial charge in [0.25, 0.3) is 0 Å². The number of anilines is 1. The number of ether oxygens (including phenoxy) is 1. The molecule has 0 bridgehead atoms. The third kappa shape index (κ3) is 3.15. The number of fused-ring (bicyclic) bond motifs is 1. The Morgan fingerprint density at radius 2 is 1.80 bits per heavy atom. The monoisotopic (exact) mass is 345 g/mol. The highest BCUT2D eigenvalue weighted by Gasteiger charge is 2.35. The summed E-state index contributed by atoms with van der Waals surface area (Å²) in [6.45, 7) is 4.59. The van der Waals surface area contributed by atoms with Crippen LogP contribution in [0.5, 0.6) is 5.88 Å². The van der Waals surface area contributed by atoms with Crippen LogP contribution in [0.2, 0.25) is 0 Å². The molecule has 1 aliphatic rings. The Morgan fingerprint density at radius 3 is 2.40 bits per heavy atom. The summed E-state index contributed by atoms with van der Waals surface area (Å²) >= 11 is 0. The van der Waals surface area contributed by atoms with Crippen molar-refractivity contribution in [3.05, 3.63) is 51.9 Å². The molecular weight excluding hydrogens is 326 g/mol. The van der Waals surface area contributed by atoms with E-state index >= 15 is 0 Å². The molecule has 0 atom stereocenters. The number of likely N-dealkylation sites (N-methyl/N-ethyl adjacent to an activating group) is 1. The van der Waals surface area contributed by atoms with Crippen LogP contribution in [-0.4, -0.2) is 37.8 Å². The van der Waals surface area contributed by atoms with Crippen LogP contribution in [-0.2, 0) is 11.9 Å². The highest BCUT2D eigenvalue weighted by Crippen LogP contribution is 2.32. The first kappa shape index (κ1) is 17.5. The van der Waals surface area contributed by atoms with E-state index in [1.165, 1.54) is 12.1 Å². The molecule has 1 aliphatic heterocycles. The number of aromatic nitrogens is 2. The molecule has 2 heterocycles. The molecule has 0 unspecified atom stereocenters. The molecule has 1 aromatic heterocycles. The van der Waals surface area contributed by atoms with Crippen molar-refractivity contribution in [2.75, 3.05) is 11.9 Å². The molecule has 0 radical (unpaired) electrons. The smallest absolute Gasteiger partial charge is 0.352 e. The van der Waals surface area contributed by atoms with Crippen LogP contribution in [0.3, 0.4) is 0 Å². The molecular formula is C16H19B2F2N3O2. The van der Waals surface area contributed by atoms with E-state index in [0.717, 1.165) is 6.07 Å². The molecule has 0 N–H and O–H groups in total. The first-order valence-corrected chi connectivity index (χ1v) is 8.01. The van der Waals surface area contributed by atoms with Crippen molar-refractivity contribution < 1.29 is 13.5 Å². The summed E-state index contributed by atoms with van der Waals surface area (Å²) in [4.78, 5) is 18.3. The summed E-state index contributed by atoms with van der Waals surface area (Å²) in [5, 5.41) is -1.06. The number of halogens is 2. The molecule has 2 aromatic rings. The van der Waals surface area contributed by atoms with Crippen molar-refractivity contribution in [2.24, 2.45) is 0 Å². The Bertz CT molecular complexity index is 879. The maximum absolute atomic E-state index is 13.5. The van der Waals surface area contributed by atoms with Gasteiger partial charge in [-0.1, -0.05) is 0 Å². The second-order valence-corrected chi connectivity index (χ2v) is 7.46. The van der Waals surface area contributed by atoms with E-state index in [1.807, 2.05) is 25.8 Å². The van der Waals surface area contributed by atoms with E-state index in [1.54, 1.807) is 26.3 Å². The summed E-state index contributed by atoms with van der Waals surface area (Å²) < 4.78 is 34.4. The van der Waals surface area contributed by atoms with Gasteiger partial charge < -0.3 is 9.64 Å². The predicted molar refractivity (Wildman–Crippen MR) is 96.7 cm³/mol. The van der Waals surface area contributed by atoms with E-state index in [-0.39, 0.29) is 11.4 Å². The lowest BCUT2D eigenvalue weighted by Gasteiger charge is -2.29. The normalized spacial score (nSPS) is 16.0. The fourth-order valence-electron chi connectivity index (χ4n) is 2.98. The molecule has 0 spiro atoms. The summed E-state index contributed by atoms with van der Waals surface area (Å²) in [6, 6.07) is 4.89. The van der Waals surface area contributed by atoms with Gasteiger partial charge in [-0.2, -0.15) is 4.98 Å². The molecule has 3 rings (SSSR count). The molecule has 25 heavy (non-hydrogen) atoms. The van der Waals surface area contributed by atoms with Gasteiger partial charge in [-0.15, -0.1) is 0 Å². The number of hydrogen-bond donors (Lipinski definition) is 0. The van der Waals surface area contributed by atoms with E-state index in [4.69, 9.17) is 4.74 Å². The third-order valence-corrected chi connectivity index (χ3v) is 4.68. The quantitative estimate of drug-likeness (QED) is 0.747. The van der Waals surface area contributed by atoms with Crippen molar-refractivity contribution >= 4 is 21.5 Å². The number of rotatable bonds is 3. The first-order valence-electron chi connectivity index (χ1n) is 8.01. The van der Waals surface area contributed by atoms with Crippen LogP contribution in [0.25, 0.3) is 0 Å². The molecule has 5 nitrogen and oxygen atoms in total. The largest absolute Gasteiger partial charge is 0.485 e. The van der Waals surface area contributed by atoms with Crippen LogP contribution < -0.4 is 15.3 Å². The molecule has 1 aromatic carbocycles. The fourth-order valence-corrected chi connectivity index (χ4v) is 2.98. The van der Waals surface area contributed by atoms with Gasteiger partial charge in [0.1, 0.15) is 17.5 Å². The summed E-state index contributed by atoms with van der Waals surface area (Å²) in [5.74, 6) is -0.554. The highest BCUT2D eigenvalue weighted by atomic mass is 19.1. The average molecular weight is 345 g/mol. The second-order valence-electron chi connectivity index (χ2n) is 7.46. The average Bonchev–Trinajstić information content (AvgIpc) is 2.69. The lowest BCUT2D eigenvalue weighted by molar-refractivity contribution is 0.231.